The number of nitrogens with one attached hydrogen (secondary N) is 1. The number of fused-ring (bicyclic) bond motifs is 1. The Morgan fingerprint density at radius 1 is 1.67 bits per heavy atom. The van der Waals surface area contributed by atoms with Crippen LogP contribution in [0.4, 0.5) is 0 Å². The van der Waals surface area contributed by atoms with E-state index >= 15 is 0 Å². The van der Waals surface area contributed by atoms with Gasteiger partial charge < -0.3 is 11.1 Å². The van der Waals surface area contributed by atoms with E-state index in [1.165, 1.54) is 6.42 Å². The van der Waals surface area contributed by atoms with Crippen LogP contribution in [0.5, 0.6) is 0 Å². The van der Waals surface area contributed by atoms with Crippen LogP contribution in [0.3, 0.4) is 0 Å². The molecule has 0 amide bonds. The topological polar surface area (TPSA) is 38.0 Å². The van der Waals surface area contributed by atoms with Crippen molar-refractivity contribution in [3.05, 3.63) is 0 Å². The van der Waals surface area contributed by atoms with E-state index in [1.54, 1.807) is 0 Å². The third kappa shape index (κ3) is 1.26. The summed E-state index contributed by atoms with van der Waals surface area (Å²) in [7, 11) is 2.42. The molecule has 1 aliphatic heterocycles. The summed E-state index contributed by atoms with van der Waals surface area (Å²) in [5, 5.41) is 3.24. The van der Waals surface area contributed by atoms with Crippen molar-refractivity contribution < 1.29 is 0 Å². The molecule has 1 saturated heterocycles. The van der Waals surface area contributed by atoms with Gasteiger partial charge in [-0.05, 0) is 18.9 Å². The molecule has 1 aliphatic carbocycles. The van der Waals surface area contributed by atoms with Crippen LogP contribution >= 0.6 is 9.24 Å². The van der Waals surface area contributed by atoms with E-state index in [0.29, 0.717) is 0 Å². The molecule has 3 unspecified atom stereocenters. The molecule has 2 nitrogen and oxygen atoms in total. The molecule has 2 rings (SSSR count). The molecular weight excluding hydrogens is 131 g/mol. The molecular formula is C6H15N2P. The van der Waals surface area contributed by atoms with Gasteiger partial charge in [0.1, 0.15) is 0 Å². The fraction of sp³-hybridized carbons (Fsp3) is 1.00. The number of piperidine rings is 1. The zero-order chi connectivity index (χ0) is 6.91. The van der Waals surface area contributed by atoms with Crippen LogP contribution < -0.4 is 11.1 Å². The van der Waals surface area contributed by atoms with Crippen LogP contribution in [0.15, 0.2) is 0 Å². The standard InChI is InChI=1S/C5H10N2.CH5P/c6-5-1-4(5)2-7-3-5;1-2/h4,7H,1-3,6H2;2H2,1H3. The van der Waals surface area contributed by atoms with Crippen molar-refractivity contribution in [3.63, 3.8) is 0 Å². The van der Waals surface area contributed by atoms with Crippen LogP contribution in [0.25, 0.3) is 0 Å². The number of nitrogens with two attached hydrogens (primary N) is 1. The van der Waals surface area contributed by atoms with Crippen LogP contribution in [0.1, 0.15) is 6.42 Å². The van der Waals surface area contributed by atoms with E-state index in [1.807, 2.05) is 6.66 Å². The van der Waals surface area contributed by atoms with Crippen molar-refractivity contribution in [2.45, 2.75) is 12.0 Å². The highest BCUT2D eigenvalue weighted by Crippen LogP contribution is 2.43. The molecule has 0 bridgehead atoms. The Balaban J connectivity index is 0.000000186. The zero-order valence-electron chi connectivity index (χ0n) is 5.85. The third-order valence-electron chi connectivity index (χ3n) is 2.12. The van der Waals surface area contributed by atoms with Gasteiger partial charge in [0.25, 0.3) is 0 Å². The van der Waals surface area contributed by atoms with Gasteiger partial charge in [0.05, 0.1) is 0 Å². The minimum atomic E-state index is 0.250. The first-order chi connectivity index (χ1) is 4.31. The Morgan fingerprint density at radius 3 is 2.44 bits per heavy atom. The largest absolute Gasteiger partial charge is 0.324 e. The molecule has 0 radical (unpaired) electrons. The summed E-state index contributed by atoms with van der Waals surface area (Å²) in [5.41, 5.74) is 6.04. The highest BCUT2D eigenvalue weighted by Gasteiger charge is 2.53. The number of rotatable bonds is 0. The Kier molecular flexibility index (Phi) is 2.10. The van der Waals surface area contributed by atoms with Gasteiger partial charge in [-0.2, -0.15) is 0 Å². The van der Waals surface area contributed by atoms with E-state index in [-0.39, 0.29) is 5.54 Å². The predicted octanol–water partition coefficient (Wildman–Crippen LogP) is -0.202. The van der Waals surface area contributed by atoms with E-state index in [4.69, 9.17) is 5.73 Å². The minimum absolute atomic E-state index is 0.250. The molecule has 2 fully saturated rings. The number of hydrogen-bond acceptors (Lipinski definition) is 2. The van der Waals surface area contributed by atoms with E-state index in [0.717, 1.165) is 19.0 Å². The van der Waals surface area contributed by atoms with Gasteiger partial charge in [0, 0.05) is 12.1 Å². The normalized spacial score (nSPS) is 45.0. The Hall–Kier alpha value is 0.350. The fourth-order valence-electron chi connectivity index (χ4n) is 1.37. The van der Waals surface area contributed by atoms with E-state index in [9.17, 15) is 0 Å². The first kappa shape index (κ1) is 7.46. The van der Waals surface area contributed by atoms with Gasteiger partial charge >= 0.3 is 0 Å². The molecule has 3 atom stereocenters. The average molecular weight is 146 g/mol. The summed E-state index contributed by atoms with van der Waals surface area (Å²) in [6.45, 7) is 4.13. The summed E-state index contributed by atoms with van der Waals surface area (Å²) < 4.78 is 0. The number of hydrogen-bond donors (Lipinski definition) is 2. The second-order valence-corrected chi connectivity index (χ2v) is 2.77. The van der Waals surface area contributed by atoms with Gasteiger partial charge in [0.15, 0.2) is 0 Å². The first-order valence-electron chi connectivity index (χ1n) is 3.39. The maximum absolute atomic E-state index is 5.79. The van der Waals surface area contributed by atoms with Crippen molar-refractivity contribution in [2.75, 3.05) is 19.8 Å². The second kappa shape index (κ2) is 2.53. The van der Waals surface area contributed by atoms with Gasteiger partial charge in [-0.15, -0.1) is 9.24 Å². The maximum Gasteiger partial charge on any atom is 0.0326 e. The molecule has 1 saturated carbocycles. The Labute approximate surface area is 58.8 Å². The Bertz CT molecular complexity index is 105. The minimum Gasteiger partial charge on any atom is -0.324 e. The lowest BCUT2D eigenvalue weighted by molar-refractivity contribution is 0.664. The smallest absolute Gasteiger partial charge is 0.0326 e. The van der Waals surface area contributed by atoms with Crippen molar-refractivity contribution in [2.24, 2.45) is 11.7 Å². The van der Waals surface area contributed by atoms with Gasteiger partial charge in [-0.25, -0.2) is 0 Å². The molecule has 0 spiro atoms. The Morgan fingerprint density at radius 2 is 2.33 bits per heavy atom. The van der Waals surface area contributed by atoms with Crippen molar-refractivity contribution in [1.29, 1.82) is 0 Å². The summed E-state index contributed by atoms with van der Waals surface area (Å²) in [5.74, 6) is 0.826. The second-order valence-electron chi connectivity index (χ2n) is 2.77. The highest BCUT2D eigenvalue weighted by molar-refractivity contribution is 7.15. The molecule has 2 aliphatic rings. The van der Waals surface area contributed by atoms with Crippen molar-refractivity contribution in [3.8, 4) is 0 Å². The predicted molar refractivity (Wildman–Crippen MR) is 43.5 cm³/mol. The van der Waals surface area contributed by atoms with E-state index < -0.39 is 0 Å². The first-order valence-corrected chi connectivity index (χ1v) is 4.54. The van der Waals surface area contributed by atoms with Gasteiger partial charge in [-0.3, -0.25) is 0 Å². The summed E-state index contributed by atoms with van der Waals surface area (Å²) in [6, 6.07) is 0. The van der Waals surface area contributed by atoms with Crippen LogP contribution in [-0.2, 0) is 0 Å². The summed E-state index contributed by atoms with van der Waals surface area (Å²) in [6.07, 6.45) is 1.26. The third-order valence-corrected chi connectivity index (χ3v) is 2.12. The molecule has 0 aromatic carbocycles. The summed E-state index contributed by atoms with van der Waals surface area (Å²) >= 11 is 0. The summed E-state index contributed by atoms with van der Waals surface area (Å²) in [4.78, 5) is 0. The molecule has 54 valence electrons. The van der Waals surface area contributed by atoms with Crippen molar-refractivity contribution in [1.82, 2.24) is 5.32 Å². The lowest BCUT2D eigenvalue weighted by Gasteiger charge is -1.98. The maximum atomic E-state index is 5.79. The average Bonchev–Trinajstić information content (AvgIpc) is 2.38. The van der Waals surface area contributed by atoms with Crippen LogP contribution in [0.2, 0.25) is 0 Å². The lowest BCUT2D eigenvalue weighted by atomic mass is 10.3. The molecule has 0 aromatic heterocycles. The lowest BCUT2D eigenvalue weighted by Crippen LogP contribution is -2.29. The molecule has 0 aromatic rings. The SMILES string of the molecule is CP.NC12CNCC1C2. The van der Waals surface area contributed by atoms with Crippen LogP contribution in [0, 0.1) is 5.92 Å². The quantitative estimate of drug-likeness (QED) is 0.464. The fourth-order valence-corrected chi connectivity index (χ4v) is 1.37. The van der Waals surface area contributed by atoms with Gasteiger partial charge in [-0.1, -0.05) is 6.66 Å². The molecule has 3 N–H and O–H groups in total. The highest BCUT2D eigenvalue weighted by atomic mass is 31.0. The van der Waals surface area contributed by atoms with E-state index in [2.05, 4.69) is 14.6 Å². The van der Waals surface area contributed by atoms with Crippen LogP contribution in [-0.4, -0.2) is 25.3 Å². The van der Waals surface area contributed by atoms with Crippen molar-refractivity contribution >= 4 is 9.24 Å². The van der Waals surface area contributed by atoms with Gasteiger partial charge in [0.2, 0.25) is 0 Å². The zero-order valence-corrected chi connectivity index (χ0v) is 7.01. The monoisotopic (exact) mass is 146 g/mol. The molecule has 9 heavy (non-hydrogen) atoms. The molecule has 1 heterocycles. The molecule has 3 heteroatoms.